The number of carbonyl (C=O) groups excluding carboxylic acids is 1. The van der Waals surface area contributed by atoms with Gasteiger partial charge in [0.2, 0.25) is 5.78 Å². The predicted octanol–water partition coefficient (Wildman–Crippen LogP) is 6.20. The second kappa shape index (κ2) is 8.19. The van der Waals surface area contributed by atoms with Crippen LogP contribution in [0.5, 0.6) is 17.2 Å². The minimum atomic E-state index is -0.187. The lowest BCUT2D eigenvalue weighted by Gasteiger charge is -2.08. The molecule has 0 aliphatic carbocycles. The number of halogens is 2. The number of methoxy groups -OCH3 is 1. The number of benzene rings is 3. The van der Waals surface area contributed by atoms with Crippen LogP contribution in [-0.4, -0.2) is 12.9 Å². The van der Waals surface area contributed by atoms with Gasteiger partial charge in [-0.3, -0.25) is 4.79 Å². The van der Waals surface area contributed by atoms with Gasteiger partial charge in [-0.2, -0.15) is 0 Å². The van der Waals surface area contributed by atoms with Crippen molar-refractivity contribution in [1.82, 2.24) is 0 Å². The summed E-state index contributed by atoms with van der Waals surface area (Å²) in [6, 6.07) is 17.9. The summed E-state index contributed by atoms with van der Waals surface area (Å²) in [6.07, 6.45) is 1.64. The van der Waals surface area contributed by atoms with Gasteiger partial charge in [0.15, 0.2) is 5.76 Å². The highest BCUT2D eigenvalue weighted by Crippen LogP contribution is 2.35. The smallest absolute Gasteiger partial charge is 0.231 e. The van der Waals surface area contributed by atoms with Crippen LogP contribution in [0.25, 0.3) is 6.08 Å². The summed E-state index contributed by atoms with van der Waals surface area (Å²) < 4.78 is 16.7. The van der Waals surface area contributed by atoms with Gasteiger partial charge >= 0.3 is 0 Å². The van der Waals surface area contributed by atoms with Crippen LogP contribution in [0.2, 0.25) is 10.0 Å². The quantitative estimate of drug-likeness (QED) is 0.455. The molecule has 1 aliphatic rings. The topological polar surface area (TPSA) is 44.8 Å². The third-order valence-electron chi connectivity index (χ3n) is 4.45. The fourth-order valence-corrected chi connectivity index (χ4v) is 3.21. The zero-order chi connectivity index (χ0) is 20.4. The van der Waals surface area contributed by atoms with E-state index in [0.29, 0.717) is 33.7 Å². The summed E-state index contributed by atoms with van der Waals surface area (Å²) >= 11 is 12.0. The molecule has 0 fully saturated rings. The van der Waals surface area contributed by atoms with Gasteiger partial charge in [-0.15, -0.1) is 0 Å². The molecule has 0 spiro atoms. The Morgan fingerprint density at radius 1 is 0.931 bits per heavy atom. The molecule has 0 N–H and O–H groups in total. The Bertz CT molecular complexity index is 1100. The zero-order valence-corrected chi connectivity index (χ0v) is 17.0. The number of ketones is 1. The number of rotatable bonds is 5. The van der Waals surface area contributed by atoms with Crippen molar-refractivity contribution in [3.63, 3.8) is 0 Å². The number of hydrogen-bond donors (Lipinski definition) is 0. The van der Waals surface area contributed by atoms with Crippen LogP contribution in [0.15, 0.2) is 66.4 Å². The fraction of sp³-hybridized carbons (Fsp3) is 0.0870. The van der Waals surface area contributed by atoms with E-state index in [4.69, 9.17) is 37.4 Å². The van der Waals surface area contributed by atoms with E-state index in [1.165, 1.54) is 0 Å². The molecular weight excluding hydrogens is 411 g/mol. The van der Waals surface area contributed by atoms with Gasteiger partial charge in [0.1, 0.15) is 23.9 Å². The van der Waals surface area contributed by atoms with Crippen molar-refractivity contribution >= 4 is 35.1 Å². The van der Waals surface area contributed by atoms with Crippen LogP contribution in [0, 0.1) is 0 Å². The third-order valence-corrected chi connectivity index (χ3v) is 5.19. The molecule has 0 unspecified atom stereocenters. The van der Waals surface area contributed by atoms with Crippen LogP contribution in [-0.2, 0) is 6.61 Å². The average molecular weight is 427 g/mol. The number of Topliss-reactive ketones (excluding diaryl/α,β-unsaturated/α-hetero) is 1. The molecule has 3 aromatic carbocycles. The van der Waals surface area contributed by atoms with Crippen molar-refractivity contribution in [2.75, 3.05) is 7.11 Å². The maximum absolute atomic E-state index is 12.6. The lowest BCUT2D eigenvalue weighted by molar-refractivity contribution is 0.101. The second-order valence-corrected chi connectivity index (χ2v) is 7.22. The van der Waals surface area contributed by atoms with E-state index in [0.717, 1.165) is 16.9 Å². The lowest BCUT2D eigenvalue weighted by Crippen LogP contribution is -1.98. The van der Waals surface area contributed by atoms with Crippen molar-refractivity contribution < 1.29 is 19.0 Å². The molecule has 0 bridgehead atoms. The molecule has 0 atom stereocenters. The van der Waals surface area contributed by atoms with Crippen LogP contribution in [0.1, 0.15) is 21.5 Å². The molecule has 146 valence electrons. The van der Waals surface area contributed by atoms with Gasteiger partial charge in [-0.05, 0) is 53.6 Å². The lowest BCUT2D eigenvalue weighted by atomic mass is 10.1. The van der Waals surface area contributed by atoms with Crippen molar-refractivity contribution in [3.05, 3.63) is 93.2 Å². The molecule has 0 amide bonds. The summed E-state index contributed by atoms with van der Waals surface area (Å²) in [5.41, 5.74) is 2.23. The van der Waals surface area contributed by atoms with Gasteiger partial charge in [0.05, 0.1) is 22.7 Å². The summed E-state index contributed by atoms with van der Waals surface area (Å²) in [7, 11) is 1.63. The molecule has 4 rings (SSSR count). The highest BCUT2D eigenvalue weighted by atomic mass is 35.5. The first kappa shape index (κ1) is 19.4. The standard InChI is InChI=1S/C23H16Cl2O4/c1-27-16-5-2-14(3-6-16)13-28-17-7-8-18-21(12-17)29-22(23(18)26)11-15-4-9-19(24)20(25)10-15/h2-12H,13H2,1H3/b22-11-. The number of carbonyl (C=O) groups is 1. The fourth-order valence-electron chi connectivity index (χ4n) is 2.90. The molecule has 4 nitrogen and oxygen atoms in total. The van der Waals surface area contributed by atoms with Crippen LogP contribution >= 0.6 is 23.2 Å². The molecular formula is C23H16Cl2O4. The first-order valence-corrected chi connectivity index (χ1v) is 9.58. The first-order chi connectivity index (χ1) is 14.0. The van der Waals surface area contributed by atoms with E-state index in [2.05, 4.69) is 0 Å². The Balaban J connectivity index is 1.49. The Hall–Kier alpha value is -2.95. The largest absolute Gasteiger partial charge is 0.497 e. The van der Waals surface area contributed by atoms with Crippen molar-refractivity contribution in [2.24, 2.45) is 0 Å². The van der Waals surface area contributed by atoms with Crippen molar-refractivity contribution in [2.45, 2.75) is 6.61 Å². The van der Waals surface area contributed by atoms with Gasteiger partial charge in [0.25, 0.3) is 0 Å². The normalized spacial score (nSPS) is 13.9. The molecule has 0 saturated carbocycles. The van der Waals surface area contributed by atoms with E-state index in [9.17, 15) is 4.79 Å². The first-order valence-electron chi connectivity index (χ1n) is 8.82. The highest BCUT2D eigenvalue weighted by molar-refractivity contribution is 6.42. The molecule has 6 heteroatoms. The van der Waals surface area contributed by atoms with Crippen LogP contribution < -0.4 is 14.2 Å². The molecule has 3 aromatic rings. The number of hydrogen-bond acceptors (Lipinski definition) is 4. The van der Waals surface area contributed by atoms with Crippen molar-refractivity contribution in [3.8, 4) is 17.2 Å². The third kappa shape index (κ3) is 4.24. The van der Waals surface area contributed by atoms with Gasteiger partial charge in [0, 0.05) is 6.07 Å². The summed E-state index contributed by atoms with van der Waals surface area (Å²) in [6.45, 7) is 0.392. The molecule has 29 heavy (non-hydrogen) atoms. The van der Waals surface area contributed by atoms with E-state index < -0.39 is 0 Å². The van der Waals surface area contributed by atoms with Crippen LogP contribution in [0.3, 0.4) is 0 Å². The maximum Gasteiger partial charge on any atom is 0.231 e. The Labute approximate surface area is 178 Å². The van der Waals surface area contributed by atoms with Crippen molar-refractivity contribution in [1.29, 1.82) is 0 Å². The SMILES string of the molecule is COc1ccc(COc2ccc3c(c2)O/C(=C\c2ccc(Cl)c(Cl)c2)C3=O)cc1. The monoisotopic (exact) mass is 426 g/mol. The van der Waals surface area contributed by atoms with E-state index >= 15 is 0 Å². The van der Waals surface area contributed by atoms with Gasteiger partial charge in [-0.25, -0.2) is 0 Å². The molecule has 0 radical (unpaired) electrons. The van der Waals surface area contributed by atoms with Gasteiger partial charge < -0.3 is 14.2 Å². The Kier molecular flexibility index (Phi) is 5.47. The maximum atomic E-state index is 12.6. The minimum absolute atomic E-state index is 0.187. The number of fused-ring (bicyclic) bond motifs is 1. The zero-order valence-electron chi connectivity index (χ0n) is 15.4. The second-order valence-electron chi connectivity index (χ2n) is 6.41. The Morgan fingerprint density at radius 2 is 1.69 bits per heavy atom. The molecule has 0 saturated heterocycles. The molecule has 1 heterocycles. The summed E-state index contributed by atoms with van der Waals surface area (Å²) in [5.74, 6) is 1.91. The minimum Gasteiger partial charge on any atom is -0.497 e. The average Bonchev–Trinajstić information content (AvgIpc) is 3.04. The highest BCUT2D eigenvalue weighted by Gasteiger charge is 2.27. The predicted molar refractivity (Wildman–Crippen MR) is 113 cm³/mol. The van der Waals surface area contributed by atoms with E-state index in [1.54, 1.807) is 49.6 Å². The van der Waals surface area contributed by atoms with E-state index in [-0.39, 0.29) is 11.5 Å². The summed E-state index contributed by atoms with van der Waals surface area (Å²) in [4.78, 5) is 12.6. The van der Waals surface area contributed by atoms with Gasteiger partial charge in [-0.1, -0.05) is 41.4 Å². The molecule has 0 aromatic heterocycles. The van der Waals surface area contributed by atoms with Crippen LogP contribution in [0.4, 0.5) is 0 Å². The van der Waals surface area contributed by atoms with E-state index in [1.807, 2.05) is 24.3 Å². The number of allylic oxidation sites excluding steroid dienone is 1. The molecule has 1 aliphatic heterocycles. The summed E-state index contributed by atoms with van der Waals surface area (Å²) in [5, 5.41) is 0.868. The Morgan fingerprint density at radius 3 is 2.41 bits per heavy atom. The number of ether oxygens (including phenoxy) is 3.